The molecule has 2 aromatic carbocycles. The fourth-order valence-corrected chi connectivity index (χ4v) is 3.78. The molecule has 0 heterocycles. The van der Waals surface area contributed by atoms with E-state index < -0.39 is 5.60 Å². The number of carbonyl (C=O) groups is 1. The summed E-state index contributed by atoms with van der Waals surface area (Å²) in [6, 6.07) is 14.5. The summed E-state index contributed by atoms with van der Waals surface area (Å²) in [5, 5.41) is 3.67. The Hall–Kier alpha value is -2.20. The molecule has 1 N–H and O–H groups in total. The van der Waals surface area contributed by atoms with E-state index >= 15 is 0 Å². The van der Waals surface area contributed by atoms with Crippen molar-refractivity contribution in [1.29, 1.82) is 0 Å². The van der Waals surface area contributed by atoms with Gasteiger partial charge in [0.25, 0.3) is 0 Å². The quantitative estimate of drug-likeness (QED) is 0.678. The highest BCUT2D eigenvalue weighted by Crippen LogP contribution is 2.35. The van der Waals surface area contributed by atoms with Crippen molar-refractivity contribution in [3.8, 4) is 0 Å². The fourth-order valence-electron chi connectivity index (χ4n) is 3.66. The van der Waals surface area contributed by atoms with Gasteiger partial charge < -0.3 is 15.0 Å². The molecule has 1 aliphatic carbocycles. The van der Waals surface area contributed by atoms with E-state index in [0.29, 0.717) is 12.5 Å². The van der Waals surface area contributed by atoms with Crippen molar-refractivity contribution in [3.05, 3.63) is 58.6 Å². The normalized spacial score (nSPS) is 16.2. The standard InChI is InChI=1S/C23H29ClN2O2/c1-23(2,3)28-22(27)25-15-17-7-5-6-16-14-20(12-13-21(16)17)26(4)19-10-8-18(24)9-11-19/h8-14,17H,5-7,15H2,1-4H3,(H,25,27)/t17-/m0/s1. The van der Waals surface area contributed by atoms with Crippen LogP contribution in [0.25, 0.3) is 0 Å². The molecule has 4 nitrogen and oxygen atoms in total. The summed E-state index contributed by atoms with van der Waals surface area (Å²) in [6.45, 7) is 6.23. The molecule has 28 heavy (non-hydrogen) atoms. The summed E-state index contributed by atoms with van der Waals surface area (Å²) >= 11 is 6.00. The van der Waals surface area contributed by atoms with Crippen molar-refractivity contribution in [2.75, 3.05) is 18.5 Å². The Morgan fingerprint density at radius 1 is 1.18 bits per heavy atom. The number of nitrogens with one attached hydrogen (secondary N) is 1. The molecule has 0 aromatic heterocycles. The molecule has 3 rings (SSSR count). The van der Waals surface area contributed by atoms with Crippen LogP contribution in [0.15, 0.2) is 42.5 Å². The van der Waals surface area contributed by atoms with Crippen LogP contribution in [0.1, 0.15) is 50.7 Å². The van der Waals surface area contributed by atoms with Crippen LogP contribution in [-0.2, 0) is 11.2 Å². The fraction of sp³-hybridized carbons (Fsp3) is 0.435. The SMILES string of the molecule is CN(c1ccc(Cl)cc1)c1ccc2c(c1)CCC[C@H]2CNC(=O)OC(C)(C)C. The average molecular weight is 401 g/mol. The number of anilines is 2. The molecule has 0 aliphatic heterocycles. The van der Waals surface area contributed by atoms with E-state index in [1.807, 2.05) is 45.0 Å². The molecule has 0 fully saturated rings. The van der Waals surface area contributed by atoms with E-state index in [1.165, 1.54) is 11.1 Å². The maximum Gasteiger partial charge on any atom is 0.407 e. The molecule has 0 radical (unpaired) electrons. The van der Waals surface area contributed by atoms with Gasteiger partial charge in [0.1, 0.15) is 5.60 Å². The van der Waals surface area contributed by atoms with Crippen LogP contribution in [0, 0.1) is 0 Å². The first-order valence-electron chi connectivity index (χ1n) is 9.82. The first-order valence-corrected chi connectivity index (χ1v) is 10.2. The first kappa shape index (κ1) is 20.5. The second-order valence-corrected chi connectivity index (χ2v) is 8.83. The number of nitrogens with zero attached hydrogens (tertiary/aromatic N) is 1. The van der Waals surface area contributed by atoms with Crippen molar-refractivity contribution in [3.63, 3.8) is 0 Å². The summed E-state index contributed by atoms with van der Waals surface area (Å²) in [5.41, 5.74) is 4.47. The van der Waals surface area contributed by atoms with Gasteiger partial charge in [0, 0.05) is 35.9 Å². The number of carbonyl (C=O) groups excluding carboxylic acids is 1. The molecule has 2 aromatic rings. The number of amides is 1. The van der Waals surface area contributed by atoms with Gasteiger partial charge in [-0.05, 0) is 87.6 Å². The topological polar surface area (TPSA) is 41.6 Å². The molecule has 1 aliphatic rings. The number of ether oxygens (including phenoxy) is 1. The van der Waals surface area contributed by atoms with Gasteiger partial charge in [0.2, 0.25) is 0 Å². The van der Waals surface area contributed by atoms with Crippen molar-refractivity contribution in [2.24, 2.45) is 0 Å². The third kappa shape index (κ3) is 5.20. The molecule has 5 heteroatoms. The van der Waals surface area contributed by atoms with Crippen molar-refractivity contribution >= 4 is 29.1 Å². The van der Waals surface area contributed by atoms with Gasteiger partial charge in [-0.1, -0.05) is 17.7 Å². The highest BCUT2D eigenvalue weighted by molar-refractivity contribution is 6.30. The van der Waals surface area contributed by atoms with E-state index in [4.69, 9.17) is 16.3 Å². The molecule has 0 bridgehead atoms. The van der Waals surface area contributed by atoms with Crippen LogP contribution in [-0.4, -0.2) is 25.3 Å². The molecule has 1 amide bonds. The summed E-state index contributed by atoms with van der Waals surface area (Å²) in [4.78, 5) is 14.2. The number of halogens is 1. The predicted octanol–water partition coefficient (Wildman–Crippen LogP) is 6.05. The van der Waals surface area contributed by atoms with Crippen LogP contribution < -0.4 is 10.2 Å². The van der Waals surface area contributed by atoms with E-state index in [2.05, 4.69) is 35.5 Å². The minimum Gasteiger partial charge on any atom is -0.444 e. The van der Waals surface area contributed by atoms with E-state index in [-0.39, 0.29) is 6.09 Å². The monoisotopic (exact) mass is 400 g/mol. The second kappa shape index (κ2) is 8.44. The van der Waals surface area contributed by atoms with E-state index in [9.17, 15) is 4.79 Å². The number of rotatable bonds is 4. The Labute approximate surface area is 172 Å². The highest BCUT2D eigenvalue weighted by atomic mass is 35.5. The molecular weight excluding hydrogens is 372 g/mol. The summed E-state index contributed by atoms with van der Waals surface area (Å²) in [7, 11) is 2.06. The lowest BCUT2D eigenvalue weighted by molar-refractivity contribution is 0.0523. The summed E-state index contributed by atoms with van der Waals surface area (Å²) in [6.07, 6.45) is 2.93. The van der Waals surface area contributed by atoms with E-state index in [1.54, 1.807) is 0 Å². The molecule has 150 valence electrons. The summed E-state index contributed by atoms with van der Waals surface area (Å²) in [5.74, 6) is 0.325. The molecule has 0 unspecified atom stereocenters. The lowest BCUT2D eigenvalue weighted by Crippen LogP contribution is -2.35. The summed E-state index contributed by atoms with van der Waals surface area (Å²) < 4.78 is 5.36. The first-order chi connectivity index (χ1) is 13.2. The minimum atomic E-state index is -0.476. The Morgan fingerprint density at radius 2 is 1.86 bits per heavy atom. The molecule has 0 spiro atoms. The largest absolute Gasteiger partial charge is 0.444 e. The zero-order valence-electron chi connectivity index (χ0n) is 17.1. The highest BCUT2D eigenvalue weighted by Gasteiger charge is 2.23. The third-order valence-corrected chi connectivity index (χ3v) is 5.31. The number of hydrogen-bond acceptors (Lipinski definition) is 3. The van der Waals surface area contributed by atoms with Crippen molar-refractivity contribution in [1.82, 2.24) is 5.32 Å². The zero-order chi connectivity index (χ0) is 20.3. The van der Waals surface area contributed by atoms with Gasteiger partial charge >= 0.3 is 6.09 Å². The Kier molecular flexibility index (Phi) is 6.19. The molecule has 0 saturated heterocycles. The number of hydrogen-bond donors (Lipinski definition) is 1. The number of alkyl carbamates (subject to hydrolysis) is 1. The number of aryl methyl sites for hydroxylation is 1. The van der Waals surface area contributed by atoms with Gasteiger partial charge in [-0.2, -0.15) is 0 Å². The van der Waals surface area contributed by atoms with Crippen molar-refractivity contribution in [2.45, 2.75) is 51.6 Å². The number of fused-ring (bicyclic) bond motifs is 1. The minimum absolute atomic E-state index is 0.325. The Balaban J connectivity index is 1.71. The maximum atomic E-state index is 12.0. The van der Waals surface area contributed by atoms with Crippen LogP contribution >= 0.6 is 11.6 Å². The molecular formula is C23H29ClN2O2. The van der Waals surface area contributed by atoms with Crippen molar-refractivity contribution < 1.29 is 9.53 Å². The average Bonchev–Trinajstić information content (AvgIpc) is 2.64. The van der Waals surface area contributed by atoms with Gasteiger partial charge in [0.05, 0.1) is 0 Å². The van der Waals surface area contributed by atoms with Gasteiger partial charge in [-0.3, -0.25) is 0 Å². The zero-order valence-corrected chi connectivity index (χ0v) is 17.8. The van der Waals surface area contributed by atoms with Crippen LogP contribution in [0.4, 0.5) is 16.2 Å². The lowest BCUT2D eigenvalue weighted by atomic mass is 9.82. The van der Waals surface area contributed by atoms with Crippen LogP contribution in [0.5, 0.6) is 0 Å². The van der Waals surface area contributed by atoms with Gasteiger partial charge in [0.15, 0.2) is 0 Å². The Bertz CT molecular complexity index is 827. The van der Waals surface area contributed by atoms with Gasteiger partial charge in [-0.25, -0.2) is 4.79 Å². The predicted molar refractivity (Wildman–Crippen MR) is 116 cm³/mol. The maximum absolute atomic E-state index is 12.0. The molecule has 1 atom stereocenters. The molecule has 0 saturated carbocycles. The lowest BCUT2D eigenvalue weighted by Gasteiger charge is -2.28. The van der Waals surface area contributed by atoms with Gasteiger partial charge in [-0.15, -0.1) is 0 Å². The third-order valence-electron chi connectivity index (χ3n) is 5.06. The van der Waals surface area contributed by atoms with Crippen LogP contribution in [0.2, 0.25) is 5.02 Å². The Morgan fingerprint density at radius 3 is 2.54 bits per heavy atom. The van der Waals surface area contributed by atoms with Crippen LogP contribution in [0.3, 0.4) is 0 Å². The number of benzene rings is 2. The van der Waals surface area contributed by atoms with E-state index in [0.717, 1.165) is 35.7 Å². The smallest absolute Gasteiger partial charge is 0.407 e. The second-order valence-electron chi connectivity index (χ2n) is 8.39.